The van der Waals surface area contributed by atoms with Gasteiger partial charge in [-0.3, -0.25) is 4.57 Å². The van der Waals surface area contributed by atoms with Crippen molar-refractivity contribution in [3.8, 4) is 28.5 Å². The minimum Gasteiger partial charge on any atom is -0.464 e. The third-order valence-corrected chi connectivity index (χ3v) is 8.35. The van der Waals surface area contributed by atoms with Gasteiger partial charge in [0.2, 0.25) is 0 Å². The molecule has 8 aromatic rings. The van der Waals surface area contributed by atoms with Crippen LogP contribution < -0.4 is 10.1 Å². The molecule has 1 N–H and O–H groups in total. The summed E-state index contributed by atoms with van der Waals surface area (Å²) in [5.41, 5.74) is 9.60. The molecule has 0 saturated carbocycles. The summed E-state index contributed by atoms with van der Waals surface area (Å²) in [4.78, 5) is 5.12. The summed E-state index contributed by atoms with van der Waals surface area (Å²) in [6, 6.07) is 50.7. The molecular formula is C38H26N4O. The highest BCUT2D eigenvalue weighted by Crippen LogP contribution is 2.47. The highest BCUT2D eigenvalue weighted by Gasteiger charge is 2.28. The van der Waals surface area contributed by atoms with Crippen LogP contribution in [-0.4, -0.2) is 14.1 Å². The topological polar surface area (TPSA) is 44.0 Å². The number of nitrogens with zero attached hydrogens (tertiary/aromatic N) is 3. The smallest absolute Gasteiger partial charge is 0.196 e. The van der Waals surface area contributed by atoms with Crippen molar-refractivity contribution in [3.05, 3.63) is 151 Å². The zero-order chi connectivity index (χ0) is 28.3. The Balaban J connectivity index is 1.24. The summed E-state index contributed by atoms with van der Waals surface area (Å²) in [6.45, 7) is 0. The lowest BCUT2D eigenvalue weighted by Gasteiger charge is -2.12. The van der Waals surface area contributed by atoms with Crippen LogP contribution in [-0.2, 0) is 0 Å². The molecule has 5 nitrogen and oxygen atoms in total. The fourth-order valence-electron chi connectivity index (χ4n) is 6.45. The first-order valence-electron chi connectivity index (χ1n) is 14.5. The number of hydrogen-bond donors (Lipinski definition) is 1. The lowest BCUT2D eigenvalue weighted by Crippen LogP contribution is -2.09. The average molecular weight is 555 g/mol. The number of hydrogen-bond acceptors (Lipinski definition) is 3. The number of nitrogens with one attached hydrogen (secondary N) is 1. The van der Waals surface area contributed by atoms with Gasteiger partial charge in [-0.1, -0.05) is 91.0 Å². The number of fused-ring (bicyclic) bond motifs is 6. The van der Waals surface area contributed by atoms with E-state index in [4.69, 9.17) is 9.72 Å². The molecule has 0 amide bonds. The Bertz CT molecular complexity index is 2300. The molecule has 1 aliphatic rings. The van der Waals surface area contributed by atoms with Crippen LogP contribution >= 0.6 is 0 Å². The second-order valence-corrected chi connectivity index (χ2v) is 10.9. The first-order valence-corrected chi connectivity index (χ1v) is 14.5. The second-order valence-electron chi connectivity index (χ2n) is 10.9. The van der Waals surface area contributed by atoms with Crippen molar-refractivity contribution in [2.75, 3.05) is 5.32 Å². The molecule has 3 heterocycles. The molecule has 43 heavy (non-hydrogen) atoms. The maximum atomic E-state index is 6.62. The van der Waals surface area contributed by atoms with E-state index in [-0.39, 0.29) is 6.23 Å². The average Bonchev–Trinajstić information content (AvgIpc) is 3.77. The Morgan fingerprint density at radius 2 is 1.30 bits per heavy atom. The Morgan fingerprint density at radius 1 is 0.581 bits per heavy atom. The fourth-order valence-corrected chi connectivity index (χ4v) is 6.45. The van der Waals surface area contributed by atoms with Gasteiger partial charge in [0.15, 0.2) is 12.0 Å². The number of rotatable bonds is 4. The Kier molecular flexibility index (Phi) is 5.19. The van der Waals surface area contributed by atoms with E-state index in [9.17, 15) is 0 Å². The highest BCUT2D eigenvalue weighted by atomic mass is 16.5. The summed E-state index contributed by atoms with van der Waals surface area (Å²) in [5, 5.41) is 5.85. The number of ether oxygens (including phenoxy) is 1. The first kappa shape index (κ1) is 23.9. The summed E-state index contributed by atoms with van der Waals surface area (Å²) >= 11 is 0. The molecule has 0 spiro atoms. The van der Waals surface area contributed by atoms with E-state index in [0.717, 1.165) is 72.6 Å². The van der Waals surface area contributed by atoms with Crippen LogP contribution in [0.2, 0.25) is 0 Å². The normalized spacial score (nSPS) is 14.2. The third-order valence-electron chi connectivity index (χ3n) is 8.35. The van der Waals surface area contributed by atoms with Crippen molar-refractivity contribution in [2.24, 2.45) is 0 Å². The molecule has 0 bridgehead atoms. The highest BCUT2D eigenvalue weighted by molar-refractivity contribution is 6.14. The van der Waals surface area contributed by atoms with Crippen LogP contribution in [0.4, 0.5) is 5.69 Å². The van der Waals surface area contributed by atoms with Gasteiger partial charge in [-0.25, -0.2) is 4.98 Å². The monoisotopic (exact) mass is 554 g/mol. The van der Waals surface area contributed by atoms with Crippen molar-refractivity contribution >= 4 is 38.5 Å². The maximum absolute atomic E-state index is 6.62. The van der Waals surface area contributed by atoms with Crippen LogP contribution in [0.15, 0.2) is 146 Å². The van der Waals surface area contributed by atoms with E-state index >= 15 is 0 Å². The molecule has 0 radical (unpaired) electrons. The molecule has 1 unspecified atom stereocenters. The molecule has 0 aliphatic carbocycles. The van der Waals surface area contributed by atoms with E-state index in [1.807, 2.05) is 30.3 Å². The predicted octanol–water partition coefficient (Wildman–Crippen LogP) is 9.29. The predicted molar refractivity (Wildman–Crippen MR) is 174 cm³/mol. The molecule has 2 aromatic heterocycles. The zero-order valence-electron chi connectivity index (χ0n) is 23.2. The van der Waals surface area contributed by atoms with Crippen molar-refractivity contribution < 1.29 is 4.74 Å². The van der Waals surface area contributed by atoms with Crippen LogP contribution in [0.3, 0.4) is 0 Å². The number of anilines is 1. The van der Waals surface area contributed by atoms with Crippen molar-refractivity contribution in [1.82, 2.24) is 14.1 Å². The van der Waals surface area contributed by atoms with Gasteiger partial charge in [0.1, 0.15) is 5.82 Å². The van der Waals surface area contributed by atoms with Gasteiger partial charge >= 0.3 is 0 Å². The minimum atomic E-state index is -0.224. The van der Waals surface area contributed by atoms with Gasteiger partial charge in [0.05, 0.1) is 33.1 Å². The summed E-state index contributed by atoms with van der Waals surface area (Å²) in [5.74, 6) is 1.80. The number of benzene rings is 6. The van der Waals surface area contributed by atoms with Crippen LogP contribution in [0.1, 0.15) is 11.8 Å². The molecule has 1 aliphatic heterocycles. The molecule has 9 rings (SSSR count). The quantitative estimate of drug-likeness (QED) is 0.236. The summed E-state index contributed by atoms with van der Waals surface area (Å²) in [6.07, 6.45) is -0.224. The van der Waals surface area contributed by atoms with Crippen LogP contribution in [0.25, 0.3) is 55.6 Å². The van der Waals surface area contributed by atoms with E-state index < -0.39 is 0 Å². The first-order chi connectivity index (χ1) is 21.3. The molecular weight excluding hydrogens is 528 g/mol. The van der Waals surface area contributed by atoms with E-state index in [2.05, 4.69) is 130 Å². The third kappa shape index (κ3) is 3.68. The van der Waals surface area contributed by atoms with Crippen molar-refractivity contribution in [3.63, 3.8) is 0 Å². The second kappa shape index (κ2) is 9.36. The number of aromatic nitrogens is 3. The summed E-state index contributed by atoms with van der Waals surface area (Å²) < 4.78 is 11.2. The zero-order valence-corrected chi connectivity index (χ0v) is 23.2. The SMILES string of the molecule is c1ccc(C2Nc3ccc4c(c3O2)c2ccccc2n4-c2cccc(-c3nc4ccccc4n3-c3ccccc3)c2)cc1. The van der Waals surface area contributed by atoms with E-state index in [1.165, 1.54) is 0 Å². The van der Waals surface area contributed by atoms with Gasteiger partial charge in [-0.15, -0.1) is 0 Å². The maximum Gasteiger partial charge on any atom is 0.196 e. The number of para-hydroxylation sites is 4. The molecule has 1 atom stereocenters. The van der Waals surface area contributed by atoms with Crippen LogP contribution in [0, 0.1) is 0 Å². The van der Waals surface area contributed by atoms with Crippen molar-refractivity contribution in [2.45, 2.75) is 6.23 Å². The molecule has 204 valence electrons. The summed E-state index contributed by atoms with van der Waals surface area (Å²) in [7, 11) is 0. The lowest BCUT2D eigenvalue weighted by atomic mass is 10.1. The standard InChI is InChI=1S/C38H26N4O/c1-3-12-25(13-4-1)38-40-31-22-23-34-35(36(31)43-38)29-18-7-9-20-32(29)41(34)28-17-11-14-26(24-28)37-39-30-19-8-10-21-33(30)42(37)27-15-5-2-6-16-27/h1-24,38,40H. The van der Waals surface area contributed by atoms with Gasteiger partial charge < -0.3 is 14.6 Å². The number of imidazole rings is 1. The minimum absolute atomic E-state index is 0.224. The molecule has 0 saturated heterocycles. The molecule has 5 heteroatoms. The van der Waals surface area contributed by atoms with E-state index in [1.54, 1.807) is 0 Å². The Morgan fingerprint density at radius 3 is 2.16 bits per heavy atom. The van der Waals surface area contributed by atoms with E-state index in [0.29, 0.717) is 0 Å². The lowest BCUT2D eigenvalue weighted by molar-refractivity contribution is 0.263. The van der Waals surface area contributed by atoms with Crippen LogP contribution in [0.5, 0.6) is 5.75 Å². The largest absolute Gasteiger partial charge is 0.464 e. The molecule has 6 aromatic carbocycles. The van der Waals surface area contributed by atoms with Gasteiger partial charge in [-0.2, -0.15) is 0 Å². The van der Waals surface area contributed by atoms with Gasteiger partial charge in [0, 0.05) is 27.9 Å². The fraction of sp³-hybridized carbons (Fsp3) is 0.0263. The Labute approximate surface area is 248 Å². The Hall–Kier alpha value is -5.81. The van der Waals surface area contributed by atoms with Gasteiger partial charge in [-0.05, 0) is 54.6 Å². The molecule has 0 fully saturated rings. The van der Waals surface area contributed by atoms with Gasteiger partial charge in [0.25, 0.3) is 0 Å². The van der Waals surface area contributed by atoms with Crippen molar-refractivity contribution in [1.29, 1.82) is 0 Å².